The second kappa shape index (κ2) is 83.8. The van der Waals surface area contributed by atoms with Crippen LogP contribution in [0.2, 0.25) is 0 Å². The Morgan fingerprint density at radius 2 is 0.317 bits per heavy atom. The van der Waals surface area contributed by atoms with Crippen molar-refractivity contribution in [3.8, 4) is 0 Å². The molecule has 0 unspecified atom stereocenters. The van der Waals surface area contributed by atoms with Crippen molar-refractivity contribution in [1.82, 2.24) is 0 Å². The van der Waals surface area contributed by atoms with E-state index in [1.165, 1.54) is 0 Å². The van der Waals surface area contributed by atoms with Crippen LogP contribution in [0.15, 0.2) is 0 Å². The fourth-order valence-electron chi connectivity index (χ4n) is 0.871. The Morgan fingerprint density at radius 3 is 0.349 bits per heavy atom. The first-order valence-corrected chi connectivity index (χ1v) is 11.9. The monoisotopic (exact) mass is 1450 g/mol. The van der Waals surface area contributed by atoms with Crippen LogP contribution < -0.4 is 61.3 Å². The third-order valence-electron chi connectivity index (χ3n) is 2.09. The molecule has 32 nitrogen and oxygen atoms in total. The van der Waals surface area contributed by atoms with Gasteiger partial charge in [0, 0.05) is 105 Å². The molecule has 39 heteroatoms. The number of aliphatic carboxylic acids is 12. The van der Waals surface area contributed by atoms with Gasteiger partial charge in [-0.3, -0.25) is 0 Å². The average molecular weight is 1450 g/mol. The number of rotatable bonds is 20. The first-order valence-electron chi connectivity index (χ1n) is 11.9. The molecule has 0 spiro atoms. The van der Waals surface area contributed by atoms with Crippen molar-refractivity contribution in [2.75, 3.05) is 52.9 Å². The number of ether oxygens (including phenoxy) is 4. The molecule has 0 bridgehead atoms. The number of carbonyl (C=O) groups excluding carboxylic acids is 16. The number of hydrogen-bond acceptors (Lipinski definition) is 32. The van der Waals surface area contributed by atoms with Crippen LogP contribution in [0, 0.1) is 0 Å². The Morgan fingerprint density at radius 1 is 0.254 bits per heavy atom. The summed E-state index contributed by atoms with van der Waals surface area (Å²) >= 11 is 0. The molecule has 0 radical (unpaired) electrons. The zero-order valence-corrected chi connectivity index (χ0v) is 47.4. The zero-order valence-electron chi connectivity index (χ0n) is 30.2. The minimum atomic E-state index is -1.80. The number of carboxylic acids is 12. The summed E-state index contributed by atoms with van der Waals surface area (Å²) in [5.74, 6) is -18.8. The van der Waals surface area contributed by atoms with Gasteiger partial charge in [-0.25, -0.2) is 25.1 Å². The molecule has 0 aliphatic heterocycles. The van der Waals surface area contributed by atoms with E-state index in [0.29, 0.717) is 25.1 Å². The van der Waals surface area contributed by atoms with Crippen molar-refractivity contribution in [3.05, 3.63) is 0 Å². The van der Waals surface area contributed by atoms with Gasteiger partial charge in [0.15, 0.2) is 0 Å². The minimum absolute atomic E-state index is 0. The van der Waals surface area contributed by atoms with Crippen LogP contribution in [-0.4, -0.2) is 150 Å². The largest absolute Gasteiger partial charge is 4.00 e. The van der Waals surface area contributed by atoms with Crippen molar-refractivity contribution < 1.29 is 340 Å². The van der Waals surface area contributed by atoms with Gasteiger partial charge in [-0.05, 0) is 0 Å². The van der Waals surface area contributed by atoms with Crippen LogP contribution in [0.1, 0.15) is 0 Å². The predicted octanol–water partition coefficient (Wildman–Crippen LogP) is -22.6. The standard InChI is InChI=1S/4C4H6O5.4C2HO3.7Zr/c4*5-3(6)1-9-2-4(7)8;4*3-1-2(4)5;;;;;;;/h4*1-2H2,(H,5,6)(H,7,8);4*(H,4,5);;;;;;;/q;;;;4*-1;;;;;3*+4/p-12. The van der Waals surface area contributed by atoms with Gasteiger partial charge >= 0.3 is 78.6 Å². The molecule has 0 amide bonds. The predicted molar refractivity (Wildman–Crippen MR) is 126 cm³/mol. The molecular weight excluding hydrogens is 1440 g/mol. The molecule has 0 atom stereocenters. The Hall–Kier alpha value is -1.66. The van der Waals surface area contributed by atoms with Crippen LogP contribution in [0.3, 0.4) is 0 Å². The molecule has 0 heterocycles. The molecule has 0 aliphatic carbocycles. The van der Waals surface area contributed by atoms with Gasteiger partial charge < -0.3 is 157 Å². The summed E-state index contributed by atoms with van der Waals surface area (Å²) in [5.41, 5.74) is 0. The summed E-state index contributed by atoms with van der Waals surface area (Å²) in [6.07, 6.45) is 2.33. The molecule has 0 aromatic carbocycles. The maximum atomic E-state index is 9.53. The van der Waals surface area contributed by atoms with Crippen LogP contribution in [0.4, 0.5) is 0 Å². The van der Waals surface area contributed by atoms with E-state index in [1.807, 2.05) is 0 Å². The first-order chi connectivity index (χ1) is 25.6. The van der Waals surface area contributed by atoms with Crippen LogP contribution in [-0.2, 0) is 279 Å². The number of hydrogen-bond donors (Lipinski definition) is 0. The quantitative estimate of drug-likeness (QED) is 0.0807. The summed E-state index contributed by atoms with van der Waals surface area (Å²) in [6, 6.07) is 0. The Bertz CT molecular complexity index is 1050. The fourth-order valence-corrected chi connectivity index (χ4v) is 0.871. The summed E-state index contributed by atoms with van der Waals surface area (Å²) in [4.78, 5) is 146. The van der Waals surface area contributed by atoms with Gasteiger partial charge in [0.1, 0.15) is 0 Å². The van der Waals surface area contributed by atoms with E-state index in [9.17, 15) is 79.2 Å². The summed E-state index contributed by atoms with van der Waals surface area (Å²) in [7, 11) is 0. The van der Waals surface area contributed by atoms with Gasteiger partial charge in [-0.2, -0.15) is 0 Å². The Balaban J connectivity index is -0.0000000321. The summed E-state index contributed by atoms with van der Waals surface area (Å²) in [5, 5.41) is 112. The molecular formula is C24H16O32Zr7-4. The molecule has 63 heavy (non-hydrogen) atoms. The maximum Gasteiger partial charge on any atom is 4.00 e. The maximum absolute atomic E-state index is 9.53. The summed E-state index contributed by atoms with van der Waals surface area (Å²) < 4.78 is 16.1. The van der Waals surface area contributed by atoms with E-state index in [1.54, 1.807) is 0 Å². The molecule has 0 N–H and O–H groups in total. The Kier molecular flexibility index (Phi) is 138. The normalized spacial score (nSPS) is 7.11. The van der Waals surface area contributed by atoms with Crippen molar-refractivity contribution in [2.45, 2.75) is 0 Å². The van der Waals surface area contributed by atoms with E-state index in [0.717, 1.165) is 0 Å². The third kappa shape index (κ3) is 223. The van der Waals surface area contributed by atoms with Crippen molar-refractivity contribution >= 4 is 96.8 Å². The van der Waals surface area contributed by atoms with Crippen molar-refractivity contribution in [3.63, 3.8) is 0 Å². The Labute approximate surface area is 483 Å². The molecule has 0 rings (SSSR count). The van der Waals surface area contributed by atoms with Gasteiger partial charge in [0.25, 0.3) is 0 Å². The molecule has 0 fully saturated rings. The molecule has 0 saturated carbocycles. The van der Waals surface area contributed by atoms with Crippen LogP contribution in [0.25, 0.3) is 0 Å². The van der Waals surface area contributed by atoms with E-state index in [4.69, 9.17) is 58.8 Å². The van der Waals surface area contributed by atoms with Crippen molar-refractivity contribution in [1.29, 1.82) is 0 Å². The van der Waals surface area contributed by atoms with Gasteiger partial charge in [0.2, 0.25) is 0 Å². The number of carbonyl (C=O) groups is 12. The van der Waals surface area contributed by atoms with Gasteiger partial charge in [-0.1, -0.05) is 23.9 Å². The molecule has 0 aromatic rings. The molecule has 336 valence electrons. The van der Waals surface area contributed by atoms with Crippen LogP contribution in [0.5, 0.6) is 0 Å². The second-order valence-corrected chi connectivity index (χ2v) is 6.51. The topological polar surface area (TPSA) is 587 Å². The first kappa shape index (κ1) is 104. The third-order valence-corrected chi connectivity index (χ3v) is 2.09. The van der Waals surface area contributed by atoms with Crippen LogP contribution >= 0.6 is 0 Å². The average Bonchev–Trinajstić information content (AvgIpc) is 3.05. The summed E-state index contributed by atoms with van der Waals surface area (Å²) in [6.45, 7) is -5.71. The van der Waals surface area contributed by atoms with Gasteiger partial charge in [0.05, 0.1) is 101 Å². The molecule has 0 aromatic heterocycles. The minimum Gasteiger partial charge on any atom is -0.583 e. The molecule has 0 saturated heterocycles. The fraction of sp³-hybridized carbons (Fsp3) is 0.333. The van der Waals surface area contributed by atoms with Gasteiger partial charge in [-0.15, -0.1) is 0 Å². The second-order valence-electron chi connectivity index (χ2n) is 6.51. The van der Waals surface area contributed by atoms with Crippen molar-refractivity contribution in [2.24, 2.45) is 0 Å². The van der Waals surface area contributed by atoms with E-state index in [-0.39, 0.29) is 183 Å². The SMILES string of the molecule is O=C([O-])COCC(=O)[O-].O=C([O-])COCC(=O)[O-].O=C([O-])COCC(=O)[O-].O=C([O-])COCC(=O)[O-].O=[C-]C(=O)[O-].O=[C-]C(=O)[O-].O=[C-]C(=O)[O-].O=[C-]C(=O)[O-].[Zr+4].[Zr+4].[Zr+4].[Zr].[Zr].[Zr].[Zr]. The van der Waals surface area contributed by atoms with E-state index in [2.05, 4.69) is 18.9 Å². The van der Waals surface area contributed by atoms with E-state index < -0.39 is 124 Å². The van der Waals surface area contributed by atoms with E-state index >= 15 is 0 Å². The molecule has 0 aliphatic rings. The zero-order chi connectivity index (χ0) is 46.2. The smallest absolute Gasteiger partial charge is 0.583 e. The number of carboxylic acid groups (broad SMARTS) is 12.